The molecule has 2 saturated heterocycles. The van der Waals surface area contributed by atoms with Gasteiger partial charge >= 0.3 is 0 Å². The first-order valence-corrected chi connectivity index (χ1v) is 12.1. The van der Waals surface area contributed by atoms with E-state index < -0.39 is 0 Å². The number of aromatic nitrogens is 2. The molecule has 1 atom stereocenters. The number of hydrogen-bond acceptors (Lipinski definition) is 4. The molecule has 31 heavy (non-hydrogen) atoms. The summed E-state index contributed by atoms with van der Waals surface area (Å²) in [5.41, 5.74) is 3.57. The maximum absolute atomic E-state index is 12.4. The summed E-state index contributed by atoms with van der Waals surface area (Å²) in [6.07, 6.45) is 14.1. The number of carbonyl (C=O) groups excluding carboxylic acids is 1. The third-order valence-electron chi connectivity index (χ3n) is 7.19. The number of nitrogens with zero attached hydrogens (tertiary/aromatic N) is 3. The minimum Gasteiger partial charge on any atom is -0.371 e. The van der Waals surface area contributed by atoms with E-state index in [0.717, 1.165) is 63.8 Å². The fourth-order valence-corrected chi connectivity index (χ4v) is 5.23. The minimum absolute atomic E-state index is 0.0808. The summed E-state index contributed by atoms with van der Waals surface area (Å²) in [5, 5.41) is 7.84. The van der Waals surface area contributed by atoms with Crippen LogP contribution >= 0.6 is 0 Å². The molecule has 1 aromatic carbocycles. The quantitative estimate of drug-likeness (QED) is 0.769. The van der Waals surface area contributed by atoms with E-state index in [1.165, 1.54) is 30.5 Å². The Labute approximate surface area is 185 Å². The van der Waals surface area contributed by atoms with Gasteiger partial charge < -0.3 is 15.0 Å². The van der Waals surface area contributed by atoms with Gasteiger partial charge in [0.1, 0.15) is 6.23 Å². The summed E-state index contributed by atoms with van der Waals surface area (Å²) >= 11 is 0. The number of benzene rings is 1. The van der Waals surface area contributed by atoms with Crippen molar-refractivity contribution in [2.45, 2.75) is 70.1 Å². The molecule has 1 amide bonds. The van der Waals surface area contributed by atoms with Gasteiger partial charge in [-0.1, -0.05) is 25.0 Å². The molecule has 1 unspecified atom stereocenters. The van der Waals surface area contributed by atoms with Crippen LogP contribution in [0, 0.1) is 5.92 Å². The zero-order valence-corrected chi connectivity index (χ0v) is 18.3. The number of rotatable bonds is 5. The average Bonchev–Trinajstić information content (AvgIpc) is 3.53. The predicted molar refractivity (Wildman–Crippen MR) is 122 cm³/mol. The normalized spacial score (nSPS) is 23.2. The van der Waals surface area contributed by atoms with Crippen LogP contribution in [0.15, 0.2) is 36.7 Å². The zero-order chi connectivity index (χ0) is 21.0. The van der Waals surface area contributed by atoms with E-state index in [1.54, 1.807) is 0 Å². The van der Waals surface area contributed by atoms with E-state index in [-0.39, 0.29) is 12.1 Å². The first kappa shape index (κ1) is 20.6. The standard InChI is InChI=1S/C25H34N4O2/c30-25(20-5-1-2-6-20)27-22-12-14-28(15-13-22)23-10-8-19(9-11-23)21-17-26-29(18-21)24-7-3-4-16-31-24/h8-11,17-18,20,22,24H,1-7,12-16H2,(H,27,30). The van der Waals surface area contributed by atoms with Crippen LogP contribution in [0.3, 0.4) is 0 Å². The lowest BCUT2D eigenvalue weighted by molar-refractivity contribution is -0.125. The van der Waals surface area contributed by atoms with Crippen LogP contribution in [-0.4, -0.2) is 41.4 Å². The SMILES string of the molecule is O=C(NC1CCN(c2ccc(-c3cnn(C4CCCCO4)c3)cc2)CC1)C1CCCC1. The zero-order valence-electron chi connectivity index (χ0n) is 18.3. The van der Waals surface area contributed by atoms with Crippen molar-refractivity contribution in [1.82, 2.24) is 15.1 Å². The smallest absolute Gasteiger partial charge is 0.223 e. The fourth-order valence-electron chi connectivity index (χ4n) is 5.23. The highest BCUT2D eigenvalue weighted by atomic mass is 16.5. The van der Waals surface area contributed by atoms with Gasteiger partial charge in [-0.3, -0.25) is 4.79 Å². The second kappa shape index (κ2) is 9.43. The Bertz CT molecular complexity index is 858. The van der Waals surface area contributed by atoms with Crippen LogP contribution in [0.25, 0.3) is 11.1 Å². The van der Waals surface area contributed by atoms with Crippen molar-refractivity contribution in [2.24, 2.45) is 5.92 Å². The molecule has 0 bridgehead atoms. The number of carbonyl (C=O) groups is 1. The predicted octanol–water partition coefficient (Wildman–Crippen LogP) is 4.52. The molecule has 3 aliphatic rings. The van der Waals surface area contributed by atoms with E-state index in [4.69, 9.17) is 4.74 Å². The molecule has 3 fully saturated rings. The lowest BCUT2D eigenvalue weighted by Crippen LogP contribution is -2.46. The van der Waals surface area contributed by atoms with Gasteiger partial charge in [0.25, 0.3) is 0 Å². The second-order valence-electron chi connectivity index (χ2n) is 9.33. The molecule has 6 nitrogen and oxygen atoms in total. The van der Waals surface area contributed by atoms with Gasteiger partial charge in [0.05, 0.1) is 6.20 Å². The summed E-state index contributed by atoms with van der Waals surface area (Å²) in [4.78, 5) is 14.8. The average molecular weight is 423 g/mol. The Balaban J connectivity index is 1.15. The van der Waals surface area contributed by atoms with Gasteiger partial charge in [0.15, 0.2) is 0 Å². The molecule has 0 radical (unpaired) electrons. The monoisotopic (exact) mass is 422 g/mol. The third-order valence-corrected chi connectivity index (χ3v) is 7.19. The molecule has 0 spiro atoms. The highest BCUT2D eigenvalue weighted by Crippen LogP contribution is 2.28. The van der Waals surface area contributed by atoms with E-state index in [1.807, 2.05) is 10.9 Å². The van der Waals surface area contributed by atoms with Crippen molar-refractivity contribution in [1.29, 1.82) is 0 Å². The molecule has 5 rings (SSSR count). The second-order valence-corrected chi connectivity index (χ2v) is 9.33. The Hall–Kier alpha value is -2.34. The molecule has 1 saturated carbocycles. The van der Waals surface area contributed by atoms with Crippen LogP contribution in [0.4, 0.5) is 5.69 Å². The largest absolute Gasteiger partial charge is 0.371 e. The maximum atomic E-state index is 12.4. The number of nitrogens with one attached hydrogen (secondary N) is 1. The Morgan fingerprint density at radius 1 is 0.935 bits per heavy atom. The Kier molecular flexibility index (Phi) is 6.25. The molecule has 1 aliphatic carbocycles. The fraction of sp³-hybridized carbons (Fsp3) is 0.600. The maximum Gasteiger partial charge on any atom is 0.223 e. The van der Waals surface area contributed by atoms with Crippen LogP contribution in [0.5, 0.6) is 0 Å². The van der Waals surface area contributed by atoms with Crippen LogP contribution in [0.2, 0.25) is 0 Å². The van der Waals surface area contributed by atoms with E-state index >= 15 is 0 Å². The molecule has 2 aliphatic heterocycles. The van der Waals surface area contributed by atoms with Crippen molar-refractivity contribution >= 4 is 11.6 Å². The van der Waals surface area contributed by atoms with Gasteiger partial charge in [-0.15, -0.1) is 0 Å². The van der Waals surface area contributed by atoms with Crippen LogP contribution in [-0.2, 0) is 9.53 Å². The van der Waals surface area contributed by atoms with E-state index in [9.17, 15) is 4.79 Å². The third kappa shape index (κ3) is 4.79. The van der Waals surface area contributed by atoms with Gasteiger partial charge in [0.2, 0.25) is 5.91 Å². The molecule has 3 heterocycles. The molecule has 6 heteroatoms. The molecule has 1 aromatic heterocycles. The van der Waals surface area contributed by atoms with Gasteiger partial charge in [-0.05, 0) is 62.6 Å². The summed E-state index contributed by atoms with van der Waals surface area (Å²) in [6.45, 7) is 2.81. The molecular weight excluding hydrogens is 388 g/mol. The number of piperidine rings is 1. The van der Waals surface area contributed by atoms with Crippen LogP contribution < -0.4 is 10.2 Å². The summed E-state index contributed by atoms with van der Waals surface area (Å²) in [7, 11) is 0. The summed E-state index contributed by atoms with van der Waals surface area (Å²) < 4.78 is 7.81. The number of hydrogen-bond donors (Lipinski definition) is 1. The first-order chi connectivity index (χ1) is 15.3. The lowest BCUT2D eigenvalue weighted by Gasteiger charge is -2.34. The topological polar surface area (TPSA) is 59.4 Å². The molecule has 1 N–H and O–H groups in total. The van der Waals surface area contributed by atoms with E-state index in [2.05, 4.69) is 45.8 Å². The first-order valence-electron chi connectivity index (χ1n) is 12.1. The minimum atomic E-state index is 0.0808. The van der Waals surface area contributed by atoms with Gasteiger partial charge in [-0.2, -0.15) is 5.10 Å². The number of anilines is 1. The summed E-state index contributed by atoms with van der Waals surface area (Å²) in [5.74, 6) is 0.555. The number of ether oxygens (including phenoxy) is 1. The van der Waals surface area contributed by atoms with Gasteiger partial charge in [0, 0.05) is 49.1 Å². The highest BCUT2D eigenvalue weighted by molar-refractivity contribution is 5.79. The summed E-state index contributed by atoms with van der Waals surface area (Å²) in [6, 6.07) is 9.12. The molecule has 2 aromatic rings. The lowest BCUT2D eigenvalue weighted by atomic mass is 10.0. The van der Waals surface area contributed by atoms with Crippen molar-refractivity contribution in [3.05, 3.63) is 36.7 Å². The van der Waals surface area contributed by atoms with Crippen LogP contribution in [0.1, 0.15) is 64.0 Å². The Morgan fingerprint density at radius 2 is 1.68 bits per heavy atom. The van der Waals surface area contributed by atoms with Crippen molar-refractivity contribution < 1.29 is 9.53 Å². The van der Waals surface area contributed by atoms with Crippen molar-refractivity contribution in [3.8, 4) is 11.1 Å². The highest BCUT2D eigenvalue weighted by Gasteiger charge is 2.27. The van der Waals surface area contributed by atoms with Gasteiger partial charge in [-0.25, -0.2) is 4.68 Å². The van der Waals surface area contributed by atoms with Crippen molar-refractivity contribution in [2.75, 3.05) is 24.6 Å². The number of amides is 1. The Morgan fingerprint density at radius 3 is 2.39 bits per heavy atom. The van der Waals surface area contributed by atoms with E-state index in [0.29, 0.717) is 11.9 Å². The molecular formula is C25H34N4O2. The molecule has 166 valence electrons. The van der Waals surface area contributed by atoms with Crippen molar-refractivity contribution in [3.63, 3.8) is 0 Å².